The summed E-state index contributed by atoms with van der Waals surface area (Å²) in [7, 11) is 0. The summed E-state index contributed by atoms with van der Waals surface area (Å²) in [6.45, 7) is 1.53. The third kappa shape index (κ3) is 2.06. The minimum atomic E-state index is -2.79. The van der Waals surface area contributed by atoms with Crippen molar-refractivity contribution >= 4 is 21.9 Å². The molecule has 14 heavy (non-hydrogen) atoms. The number of alkyl halides is 2. The number of aryl methyl sites for hydroxylation is 1. The molecular weight excluding hydrogens is 260 g/mol. The van der Waals surface area contributed by atoms with Crippen molar-refractivity contribution in [3.05, 3.63) is 27.5 Å². The topological polar surface area (TPSA) is 50.2 Å². The van der Waals surface area contributed by atoms with Gasteiger partial charge in [-0.25, -0.2) is 18.6 Å². The highest BCUT2D eigenvalue weighted by molar-refractivity contribution is 9.10. The van der Waals surface area contributed by atoms with E-state index in [4.69, 9.17) is 5.11 Å². The van der Waals surface area contributed by atoms with Gasteiger partial charge in [0.2, 0.25) is 0 Å². The first-order chi connectivity index (χ1) is 6.43. The molecule has 6 heteroatoms. The van der Waals surface area contributed by atoms with E-state index in [1.807, 2.05) is 0 Å². The fourth-order valence-corrected chi connectivity index (χ4v) is 1.31. The van der Waals surface area contributed by atoms with E-state index in [2.05, 4.69) is 20.9 Å². The van der Waals surface area contributed by atoms with Crippen LogP contribution < -0.4 is 0 Å². The molecule has 0 aliphatic carbocycles. The number of aromatic nitrogens is 1. The maximum atomic E-state index is 12.4. The molecule has 1 aromatic heterocycles. The molecule has 1 rings (SSSR count). The summed E-state index contributed by atoms with van der Waals surface area (Å²) in [5.41, 5.74) is -0.490. The van der Waals surface area contributed by atoms with Gasteiger partial charge in [-0.2, -0.15) is 0 Å². The summed E-state index contributed by atoms with van der Waals surface area (Å²) in [5.74, 6) is -1.32. The number of carboxylic acids is 1. The third-order valence-corrected chi connectivity index (χ3v) is 2.62. The Labute approximate surface area is 86.9 Å². The van der Waals surface area contributed by atoms with Gasteiger partial charge in [0, 0.05) is 4.47 Å². The maximum Gasteiger partial charge on any atom is 0.354 e. The van der Waals surface area contributed by atoms with Crippen LogP contribution >= 0.6 is 15.9 Å². The van der Waals surface area contributed by atoms with Gasteiger partial charge >= 0.3 is 5.97 Å². The molecule has 1 aromatic rings. The average molecular weight is 266 g/mol. The van der Waals surface area contributed by atoms with Gasteiger partial charge in [-0.15, -0.1) is 0 Å². The number of pyridine rings is 1. The van der Waals surface area contributed by atoms with Gasteiger partial charge in [-0.3, -0.25) is 0 Å². The number of carbonyl (C=O) groups is 1. The standard InChI is InChI=1S/C8H6BrF2NO2/c1-3-2-4(8(13)14)12-6(5(3)9)7(10)11/h2,7H,1H3,(H,13,14). The Bertz CT molecular complexity index is 382. The third-order valence-electron chi connectivity index (χ3n) is 1.59. The Hall–Kier alpha value is -1.04. The molecule has 0 radical (unpaired) electrons. The summed E-state index contributed by atoms with van der Waals surface area (Å²) in [4.78, 5) is 13.9. The summed E-state index contributed by atoms with van der Waals surface area (Å²) < 4.78 is 24.9. The Morgan fingerprint density at radius 1 is 1.64 bits per heavy atom. The summed E-state index contributed by atoms with van der Waals surface area (Å²) in [6, 6.07) is 1.23. The van der Waals surface area contributed by atoms with Gasteiger partial charge in [0.25, 0.3) is 6.43 Å². The molecule has 3 nitrogen and oxygen atoms in total. The lowest BCUT2D eigenvalue weighted by molar-refractivity contribution is 0.0688. The molecule has 0 amide bonds. The van der Waals surface area contributed by atoms with Crippen LogP contribution in [0.2, 0.25) is 0 Å². The maximum absolute atomic E-state index is 12.4. The molecule has 76 valence electrons. The van der Waals surface area contributed by atoms with Crippen molar-refractivity contribution in [3.63, 3.8) is 0 Å². The number of nitrogens with zero attached hydrogens (tertiary/aromatic N) is 1. The second-order valence-electron chi connectivity index (χ2n) is 2.63. The molecule has 0 saturated carbocycles. The molecule has 1 heterocycles. The van der Waals surface area contributed by atoms with Gasteiger partial charge in [0.15, 0.2) is 0 Å². The summed E-state index contributed by atoms with van der Waals surface area (Å²) in [6.07, 6.45) is -2.79. The van der Waals surface area contributed by atoms with Crippen LogP contribution in [0, 0.1) is 6.92 Å². The molecule has 0 aliphatic rings. The Morgan fingerprint density at radius 2 is 2.21 bits per heavy atom. The molecule has 0 spiro atoms. The average Bonchev–Trinajstić information content (AvgIpc) is 2.08. The van der Waals surface area contributed by atoms with Crippen molar-refractivity contribution in [2.75, 3.05) is 0 Å². The fourth-order valence-electron chi connectivity index (χ4n) is 0.936. The number of hydrogen-bond acceptors (Lipinski definition) is 2. The van der Waals surface area contributed by atoms with E-state index in [1.54, 1.807) is 0 Å². The highest BCUT2D eigenvalue weighted by atomic mass is 79.9. The first-order valence-corrected chi connectivity index (χ1v) is 4.41. The largest absolute Gasteiger partial charge is 0.477 e. The van der Waals surface area contributed by atoms with Gasteiger partial charge < -0.3 is 5.11 Å². The van der Waals surface area contributed by atoms with Crippen LogP contribution in [0.25, 0.3) is 0 Å². The zero-order valence-electron chi connectivity index (χ0n) is 7.09. The van der Waals surface area contributed by atoms with Crippen LogP contribution in [-0.4, -0.2) is 16.1 Å². The van der Waals surface area contributed by atoms with E-state index in [9.17, 15) is 13.6 Å². The molecule has 0 atom stereocenters. The first kappa shape index (κ1) is 11.0. The van der Waals surface area contributed by atoms with E-state index in [-0.39, 0.29) is 10.2 Å². The van der Waals surface area contributed by atoms with E-state index in [0.717, 1.165) is 0 Å². The minimum absolute atomic E-state index is 0.150. The van der Waals surface area contributed by atoms with Gasteiger partial charge in [0.1, 0.15) is 11.4 Å². The molecule has 0 aromatic carbocycles. The van der Waals surface area contributed by atoms with Crippen LogP contribution in [0.4, 0.5) is 8.78 Å². The van der Waals surface area contributed by atoms with Crippen molar-refractivity contribution in [2.24, 2.45) is 0 Å². The van der Waals surface area contributed by atoms with E-state index in [1.165, 1.54) is 13.0 Å². The van der Waals surface area contributed by atoms with Crippen LogP contribution in [0.1, 0.15) is 28.2 Å². The predicted octanol–water partition coefficient (Wildman–Crippen LogP) is 2.79. The zero-order chi connectivity index (χ0) is 10.9. The van der Waals surface area contributed by atoms with E-state index in [0.29, 0.717) is 5.56 Å². The Balaban J connectivity index is 3.35. The van der Waals surface area contributed by atoms with Crippen LogP contribution in [0.3, 0.4) is 0 Å². The zero-order valence-corrected chi connectivity index (χ0v) is 8.68. The molecular formula is C8H6BrF2NO2. The van der Waals surface area contributed by atoms with Crippen LogP contribution in [0.15, 0.2) is 10.5 Å². The normalized spacial score (nSPS) is 10.6. The second-order valence-corrected chi connectivity index (χ2v) is 3.42. The Kier molecular flexibility index (Phi) is 3.15. The molecule has 0 unspecified atom stereocenters. The quantitative estimate of drug-likeness (QED) is 0.895. The highest BCUT2D eigenvalue weighted by Crippen LogP contribution is 2.28. The lowest BCUT2D eigenvalue weighted by atomic mass is 10.2. The van der Waals surface area contributed by atoms with Crippen molar-refractivity contribution in [2.45, 2.75) is 13.3 Å². The lowest BCUT2D eigenvalue weighted by Crippen LogP contribution is -2.05. The number of halogens is 3. The number of rotatable bonds is 2. The van der Waals surface area contributed by atoms with Gasteiger partial charge in [0.05, 0.1) is 0 Å². The van der Waals surface area contributed by atoms with Gasteiger partial charge in [-0.1, -0.05) is 0 Å². The SMILES string of the molecule is Cc1cc(C(=O)O)nc(C(F)F)c1Br. The summed E-state index contributed by atoms with van der Waals surface area (Å²) >= 11 is 2.93. The molecule has 0 aliphatic heterocycles. The number of hydrogen-bond donors (Lipinski definition) is 1. The number of aromatic carboxylic acids is 1. The molecule has 0 saturated heterocycles. The van der Waals surface area contributed by atoms with E-state index < -0.39 is 18.1 Å². The predicted molar refractivity (Wildman–Crippen MR) is 48.6 cm³/mol. The monoisotopic (exact) mass is 265 g/mol. The lowest BCUT2D eigenvalue weighted by Gasteiger charge is -2.06. The van der Waals surface area contributed by atoms with Crippen molar-refractivity contribution in [3.8, 4) is 0 Å². The van der Waals surface area contributed by atoms with Crippen molar-refractivity contribution < 1.29 is 18.7 Å². The van der Waals surface area contributed by atoms with Gasteiger partial charge in [-0.05, 0) is 34.5 Å². The van der Waals surface area contributed by atoms with E-state index >= 15 is 0 Å². The molecule has 1 N–H and O–H groups in total. The fraction of sp³-hybridized carbons (Fsp3) is 0.250. The number of carboxylic acid groups (broad SMARTS) is 1. The van der Waals surface area contributed by atoms with Crippen molar-refractivity contribution in [1.29, 1.82) is 0 Å². The van der Waals surface area contributed by atoms with Crippen LogP contribution in [-0.2, 0) is 0 Å². The van der Waals surface area contributed by atoms with Crippen molar-refractivity contribution in [1.82, 2.24) is 4.98 Å². The first-order valence-electron chi connectivity index (χ1n) is 3.62. The molecule has 0 fully saturated rings. The minimum Gasteiger partial charge on any atom is -0.477 e. The smallest absolute Gasteiger partial charge is 0.354 e. The molecule has 0 bridgehead atoms. The Morgan fingerprint density at radius 3 is 2.64 bits per heavy atom. The highest BCUT2D eigenvalue weighted by Gasteiger charge is 2.18. The second kappa shape index (κ2) is 4.00. The summed E-state index contributed by atoms with van der Waals surface area (Å²) in [5, 5.41) is 8.58. The van der Waals surface area contributed by atoms with Crippen LogP contribution in [0.5, 0.6) is 0 Å².